The molecular formula is C24H40N4O2. The van der Waals surface area contributed by atoms with E-state index in [4.69, 9.17) is 11.5 Å². The lowest BCUT2D eigenvalue weighted by atomic mass is 9.85. The van der Waals surface area contributed by atoms with Crippen LogP contribution in [0, 0.1) is 18.8 Å². The molecule has 30 heavy (non-hydrogen) atoms. The van der Waals surface area contributed by atoms with Crippen LogP contribution in [0.4, 0.5) is 11.4 Å². The fourth-order valence-electron chi connectivity index (χ4n) is 3.67. The van der Waals surface area contributed by atoms with Gasteiger partial charge in [0.2, 0.25) is 12.3 Å². The van der Waals surface area contributed by atoms with Gasteiger partial charge < -0.3 is 21.7 Å². The number of benzene rings is 1. The van der Waals surface area contributed by atoms with Gasteiger partial charge in [-0.1, -0.05) is 39.7 Å². The molecule has 0 spiro atoms. The Balaban J connectivity index is 0.000000346. The number of nitrogens with one attached hydrogen (secondary N) is 1. The Morgan fingerprint density at radius 1 is 1.27 bits per heavy atom. The van der Waals surface area contributed by atoms with Crippen LogP contribution in [0.5, 0.6) is 0 Å². The molecule has 1 aliphatic heterocycles. The SMILES string of the molecule is CC/C=C(\N)C(C)C(CCCC)C(=O)N1CCCC1.Cc1cc(NC=O)ccc1N. The van der Waals surface area contributed by atoms with Gasteiger partial charge in [0.15, 0.2) is 0 Å². The maximum atomic E-state index is 12.6. The third-order valence-electron chi connectivity index (χ3n) is 5.67. The van der Waals surface area contributed by atoms with Gasteiger partial charge in [0.25, 0.3) is 0 Å². The minimum absolute atomic E-state index is 0.0702. The quantitative estimate of drug-likeness (QED) is 0.409. The second-order valence-electron chi connectivity index (χ2n) is 8.02. The van der Waals surface area contributed by atoms with Crippen LogP contribution in [0.3, 0.4) is 0 Å². The topological polar surface area (TPSA) is 101 Å². The monoisotopic (exact) mass is 416 g/mol. The van der Waals surface area contributed by atoms with Crippen LogP contribution in [0.15, 0.2) is 30.0 Å². The Morgan fingerprint density at radius 2 is 1.93 bits per heavy atom. The fraction of sp³-hybridized carbons (Fsp3) is 0.583. The zero-order valence-electron chi connectivity index (χ0n) is 19.1. The number of unbranched alkanes of at least 4 members (excludes halogenated alkanes) is 1. The first kappa shape index (κ1) is 25.5. The number of nitrogen functional groups attached to an aromatic ring is 1. The van der Waals surface area contributed by atoms with Crippen molar-refractivity contribution in [2.75, 3.05) is 24.1 Å². The Labute approximate surface area is 182 Å². The molecule has 0 aliphatic carbocycles. The second kappa shape index (κ2) is 13.7. The summed E-state index contributed by atoms with van der Waals surface area (Å²) in [6.45, 7) is 10.1. The number of anilines is 2. The van der Waals surface area contributed by atoms with Crippen molar-refractivity contribution < 1.29 is 9.59 Å². The molecule has 1 saturated heterocycles. The van der Waals surface area contributed by atoms with Crippen molar-refractivity contribution in [3.63, 3.8) is 0 Å². The van der Waals surface area contributed by atoms with Crippen molar-refractivity contribution in [1.29, 1.82) is 0 Å². The molecule has 0 bridgehead atoms. The van der Waals surface area contributed by atoms with Crippen molar-refractivity contribution in [3.05, 3.63) is 35.5 Å². The van der Waals surface area contributed by atoms with E-state index in [-0.39, 0.29) is 11.8 Å². The van der Waals surface area contributed by atoms with Gasteiger partial charge in [-0.3, -0.25) is 9.59 Å². The molecule has 6 heteroatoms. The Hall–Kier alpha value is -2.50. The summed E-state index contributed by atoms with van der Waals surface area (Å²) in [5.41, 5.74) is 15.1. The summed E-state index contributed by atoms with van der Waals surface area (Å²) in [5, 5.41) is 2.54. The summed E-state index contributed by atoms with van der Waals surface area (Å²) in [6, 6.07) is 5.35. The molecule has 1 heterocycles. The molecule has 6 nitrogen and oxygen atoms in total. The van der Waals surface area contributed by atoms with E-state index in [1.807, 2.05) is 17.9 Å². The summed E-state index contributed by atoms with van der Waals surface area (Å²) < 4.78 is 0. The molecule has 1 aromatic carbocycles. The number of carbonyl (C=O) groups is 2. The third-order valence-corrected chi connectivity index (χ3v) is 5.67. The molecule has 2 amide bonds. The van der Waals surface area contributed by atoms with Gasteiger partial charge in [-0.25, -0.2) is 0 Å². The lowest BCUT2D eigenvalue weighted by molar-refractivity contribution is -0.136. The molecule has 1 aromatic rings. The highest BCUT2D eigenvalue weighted by molar-refractivity contribution is 5.79. The largest absolute Gasteiger partial charge is 0.402 e. The zero-order valence-corrected chi connectivity index (χ0v) is 19.1. The van der Waals surface area contributed by atoms with Gasteiger partial charge in [0.05, 0.1) is 0 Å². The lowest BCUT2D eigenvalue weighted by Crippen LogP contribution is -2.38. The van der Waals surface area contributed by atoms with Crippen LogP contribution in [-0.2, 0) is 9.59 Å². The predicted molar refractivity (Wildman–Crippen MR) is 126 cm³/mol. The number of hydrogen-bond donors (Lipinski definition) is 3. The molecule has 1 fully saturated rings. The highest BCUT2D eigenvalue weighted by Crippen LogP contribution is 2.27. The molecule has 1 aliphatic rings. The van der Waals surface area contributed by atoms with Crippen LogP contribution in [0.25, 0.3) is 0 Å². The molecule has 5 N–H and O–H groups in total. The molecule has 2 unspecified atom stereocenters. The number of nitrogens with two attached hydrogens (primary N) is 2. The molecule has 2 rings (SSSR count). The molecule has 2 atom stereocenters. The minimum atomic E-state index is 0.0702. The van der Waals surface area contributed by atoms with Crippen LogP contribution in [-0.4, -0.2) is 30.3 Å². The number of amides is 2. The van der Waals surface area contributed by atoms with Crippen molar-refractivity contribution in [3.8, 4) is 0 Å². The normalized spacial score (nSPS) is 15.7. The maximum absolute atomic E-state index is 12.6. The van der Waals surface area contributed by atoms with Crippen molar-refractivity contribution in [1.82, 2.24) is 4.90 Å². The van der Waals surface area contributed by atoms with Crippen LogP contribution >= 0.6 is 0 Å². The van der Waals surface area contributed by atoms with E-state index in [1.165, 1.54) is 0 Å². The first-order valence-electron chi connectivity index (χ1n) is 11.2. The van der Waals surface area contributed by atoms with Gasteiger partial charge in [-0.15, -0.1) is 0 Å². The molecular weight excluding hydrogens is 376 g/mol. The fourth-order valence-corrected chi connectivity index (χ4v) is 3.67. The van der Waals surface area contributed by atoms with Crippen LogP contribution in [0.1, 0.15) is 64.9 Å². The minimum Gasteiger partial charge on any atom is -0.402 e. The molecule has 0 aromatic heterocycles. The summed E-state index contributed by atoms with van der Waals surface area (Å²) in [5.74, 6) is 0.561. The Morgan fingerprint density at radius 3 is 2.47 bits per heavy atom. The Kier molecular flexibility index (Phi) is 11.6. The van der Waals surface area contributed by atoms with Crippen LogP contribution < -0.4 is 16.8 Å². The highest BCUT2D eigenvalue weighted by atomic mass is 16.2. The molecule has 0 radical (unpaired) electrons. The van der Waals surface area contributed by atoms with Gasteiger partial charge in [-0.05, 0) is 56.4 Å². The first-order valence-corrected chi connectivity index (χ1v) is 11.2. The van der Waals surface area contributed by atoms with Gasteiger partial charge in [-0.2, -0.15) is 0 Å². The zero-order chi connectivity index (χ0) is 22.5. The number of allylic oxidation sites excluding steroid dienone is 2. The highest BCUT2D eigenvalue weighted by Gasteiger charge is 2.31. The van der Waals surface area contributed by atoms with E-state index in [2.05, 4.69) is 32.2 Å². The number of hydrogen-bond acceptors (Lipinski definition) is 4. The van der Waals surface area contributed by atoms with E-state index in [1.54, 1.807) is 12.1 Å². The van der Waals surface area contributed by atoms with Gasteiger partial charge in [0, 0.05) is 42.0 Å². The van der Waals surface area contributed by atoms with E-state index < -0.39 is 0 Å². The second-order valence-corrected chi connectivity index (χ2v) is 8.02. The van der Waals surface area contributed by atoms with E-state index in [0.717, 1.165) is 74.2 Å². The summed E-state index contributed by atoms with van der Waals surface area (Å²) in [4.78, 5) is 24.7. The average Bonchev–Trinajstić information content (AvgIpc) is 3.26. The predicted octanol–water partition coefficient (Wildman–Crippen LogP) is 4.45. The third kappa shape index (κ3) is 8.09. The molecule has 168 valence electrons. The summed E-state index contributed by atoms with van der Waals surface area (Å²) >= 11 is 0. The maximum Gasteiger partial charge on any atom is 0.226 e. The van der Waals surface area contributed by atoms with Gasteiger partial charge >= 0.3 is 0 Å². The Bertz CT molecular complexity index is 696. The number of carbonyl (C=O) groups excluding carboxylic acids is 2. The summed E-state index contributed by atoms with van der Waals surface area (Å²) in [6.07, 6.45) is 9.15. The van der Waals surface area contributed by atoms with Crippen molar-refractivity contribution in [2.45, 2.75) is 66.2 Å². The number of rotatable bonds is 9. The summed E-state index contributed by atoms with van der Waals surface area (Å²) in [7, 11) is 0. The van der Waals surface area contributed by atoms with E-state index in [9.17, 15) is 9.59 Å². The molecule has 0 saturated carbocycles. The van der Waals surface area contributed by atoms with Crippen molar-refractivity contribution >= 4 is 23.7 Å². The first-order chi connectivity index (χ1) is 14.3. The number of likely N-dealkylation sites (tertiary alicyclic amines) is 1. The smallest absolute Gasteiger partial charge is 0.226 e. The number of nitrogens with zero attached hydrogens (tertiary/aromatic N) is 1. The number of aryl methyl sites for hydroxylation is 1. The van der Waals surface area contributed by atoms with Crippen LogP contribution in [0.2, 0.25) is 0 Å². The van der Waals surface area contributed by atoms with E-state index in [0.29, 0.717) is 12.3 Å². The standard InChI is InChI=1S/C16H30N2O.C8H10N2O/c1-4-6-10-14(13(3)15(17)9-5-2)16(19)18-11-7-8-12-18;1-6-4-7(10-5-11)2-3-8(6)9/h9,13-14H,4-8,10-12,17H2,1-3H3;2-5H,9H2,1H3,(H,10,11)/b15-9-;. The van der Waals surface area contributed by atoms with Gasteiger partial charge in [0.1, 0.15) is 0 Å². The lowest BCUT2D eigenvalue weighted by Gasteiger charge is -2.28. The average molecular weight is 417 g/mol. The van der Waals surface area contributed by atoms with E-state index >= 15 is 0 Å². The van der Waals surface area contributed by atoms with Crippen molar-refractivity contribution in [2.24, 2.45) is 17.6 Å².